The SMILES string of the molecule is CCCS(=O)(=O)Nc1nc(Oc2c(C)cccc2C)nc(-c2cc(C)c(=O)n(C)c2)n1. The van der Waals surface area contributed by atoms with Crippen LogP contribution in [0.5, 0.6) is 11.8 Å². The van der Waals surface area contributed by atoms with Gasteiger partial charge in [0.25, 0.3) is 5.56 Å². The van der Waals surface area contributed by atoms with E-state index in [0.29, 0.717) is 23.3 Å². The van der Waals surface area contributed by atoms with E-state index in [2.05, 4.69) is 19.7 Å². The van der Waals surface area contributed by atoms with Crippen LogP contribution in [0.15, 0.2) is 35.3 Å². The Morgan fingerprint density at radius 3 is 2.35 bits per heavy atom. The predicted molar refractivity (Wildman–Crippen MR) is 119 cm³/mol. The summed E-state index contributed by atoms with van der Waals surface area (Å²) in [6, 6.07) is 7.29. The molecule has 10 heteroatoms. The average Bonchev–Trinajstić information content (AvgIpc) is 2.68. The average molecular weight is 444 g/mol. The normalized spacial score (nSPS) is 11.4. The van der Waals surface area contributed by atoms with Crippen LogP contribution in [0.3, 0.4) is 0 Å². The molecule has 31 heavy (non-hydrogen) atoms. The van der Waals surface area contributed by atoms with Gasteiger partial charge in [0.1, 0.15) is 5.75 Å². The lowest BCUT2D eigenvalue weighted by molar-refractivity contribution is 0.435. The number of sulfonamides is 1. The molecule has 2 heterocycles. The topological polar surface area (TPSA) is 116 Å². The van der Waals surface area contributed by atoms with Crippen molar-refractivity contribution in [3.63, 3.8) is 0 Å². The van der Waals surface area contributed by atoms with Gasteiger partial charge in [-0.15, -0.1) is 0 Å². The van der Waals surface area contributed by atoms with Crippen molar-refractivity contribution in [3.05, 3.63) is 57.5 Å². The van der Waals surface area contributed by atoms with Crippen LogP contribution in [0.4, 0.5) is 5.95 Å². The Labute approximate surface area is 181 Å². The van der Waals surface area contributed by atoms with E-state index < -0.39 is 10.0 Å². The number of nitrogens with zero attached hydrogens (tertiary/aromatic N) is 4. The van der Waals surface area contributed by atoms with Crippen molar-refractivity contribution < 1.29 is 13.2 Å². The lowest BCUT2D eigenvalue weighted by Crippen LogP contribution is -2.20. The van der Waals surface area contributed by atoms with Crippen molar-refractivity contribution in [1.82, 2.24) is 19.5 Å². The molecule has 0 aliphatic carbocycles. The Kier molecular flexibility index (Phi) is 6.40. The quantitative estimate of drug-likeness (QED) is 0.596. The minimum Gasteiger partial charge on any atom is -0.424 e. The zero-order valence-electron chi connectivity index (χ0n) is 18.1. The Balaban J connectivity index is 2.13. The van der Waals surface area contributed by atoms with E-state index in [0.717, 1.165) is 11.1 Å². The van der Waals surface area contributed by atoms with Crippen molar-refractivity contribution in [3.8, 4) is 23.1 Å². The molecular weight excluding hydrogens is 418 g/mol. The molecule has 0 radical (unpaired) electrons. The van der Waals surface area contributed by atoms with Crippen LogP contribution in [0, 0.1) is 20.8 Å². The summed E-state index contributed by atoms with van der Waals surface area (Å²) in [4.78, 5) is 24.9. The fourth-order valence-electron chi connectivity index (χ4n) is 3.09. The summed E-state index contributed by atoms with van der Waals surface area (Å²) < 4.78 is 34.3. The molecule has 0 atom stereocenters. The monoisotopic (exact) mass is 443 g/mol. The maximum atomic E-state index is 12.3. The number of benzene rings is 1. The van der Waals surface area contributed by atoms with Crippen molar-refractivity contribution in [2.24, 2.45) is 7.05 Å². The van der Waals surface area contributed by atoms with Crippen LogP contribution < -0.4 is 15.0 Å². The van der Waals surface area contributed by atoms with Crippen LogP contribution in [0.2, 0.25) is 0 Å². The number of ether oxygens (including phenoxy) is 1. The highest BCUT2D eigenvalue weighted by Gasteiger charge is 2.17. The van der Waals surface area contributed by atoms with Gasteiger partial charge in [0.15, 0.2) is 5.82 Å². The highest BCUT2D eigenvalue weighted by molar-refractivity contribution is 7.92. The van der Waals surface area contributed by atoms with Crippen LogP contribution in [-0.4, -0.2) is 33.7 Å². The van der Waals surface area contributed by atoms with Crippen LogP contribution in [0.1, 0.15) is 30.0 Å². The first-order chi connectivity index (χ1) is 14.6. The Bertz CT molecular complexity index is 1240. The van der Waals surface area contributed by atoms with E-state index >= 15 is 0 Å². The number of nitrogens with one attached hydrogen (secondary N) is 1. The van der Waals surface area contributed by atoms with E-state index in [-0.39, 0.29) is 29.1 Å². The van der Waals surface area contributed by atoms with Gasteiger partial charge in [-0.2, -0.15) is 15.0 Å². The van der Waals surface area contributed by atoms with Crippen molar-refractivity contribution in [2.75, 3.05) is 10.5 Å². The lowest BCUT2D eigenvalue weighted by atomic mass is 10.1. The van der Waals surface area contributed by atoms with Crippen molar-refractivity contribution >= 4 is 16.0 Å². The lowest BCUT2D eigenvalue weighted by Gasteiger charge is -2.13. The first-order valence-corrected chi connectivity index (χ1v) is 11.4. The van der Waals surface area contributed by atoms with Gasteiger partial charge >= 0.3 is 6.01 Å². The maximum Gasteiger partial charge on any atom is 0.327 e. The molecule has 2 aromatic heterocycles. The van der Waals surface area contributed by atoms with Gasteiger partial charge in [0.05, 0.1) is 5.75 Å². The standard InChI is InChI=1S/C21H25N5O4S/c1-6-10-31(28,29)25-20-22-18(16-11-15(4)19(27)26(5)12-16)23-21(24-20)30-17-13(2)8-7-9-14(17)3/h7-9,11-12H,6,10H2,1-5H3,(H,22,23,24,25). The molecular formula is C21H25N5O4S. The Morgan fingerprint density at radius 2 is 1.74 bits per heavy atom. The summed E-state index contributed by atoms with van der Waals surface area (Å²) in [6.07, 6.45) is 2.02. The highest BCUT2D eigenvalue weighted by Crippen LogP contribution is 2.28. The van der Waals surface area contributed by atoms with Gasteiger partial charge in [-0.25, -0.2) is 8.42 Å². The number of pyridine rings is 1. The van der Waals surface area contributed by atoms with Gasteiger partial charge in [-0.3, -0.25) is 9.52 Å². The Hall–Kier alpha value is -3.27. The summed E-state index contributed by atoms with van der Waals surface area (Å²) in [6.45, 7) is 7.24. The van der Waals surface area contributed by atoms with Crippen LogP contribution in [-0.2, 0) is 17.1 Å². The smallest absolute Gasteiger partial charge is 0.327 e. The van der Waals surface area contributed by atoms with Crippen LogP contribution >= 0.6 is 0 Å². The summed E-state index contributed by atoms with van der Waals surface area (Å²) in [5, 5.41) is 0. The first kappa shape index (κ1) is 22.4. The third-order valence-corrected chi connectivity index (χ3v) is 6.00. The van der Waals surface area contributed by atoms with E-state index in [1.165, 1.54) is 4.57 Å². The molecule has 0 aliphatic rings. The molecule has 0 saturated carbocycles. The van der Waals surface area contributed by atoms with E-state index in [9.17, 15) is 13.2 Å². The molecule has 1 N–H and O–H groups in total. The van der Waals surface area contributed by atoms with E-state index in [1.54, 1.807) is 33.2 Å². The molecule has 0 bridgehead atoms. The second kappa shape index (κ2) is 8.84. The third-order valence-electron chi connectivity index (χ3n) is 4.56. The van der Waals surface area contributed by atoms with Crippen molar-refractivity contribution in [1.29, 1.82) is 0 Å². The number of rotatable bonds is 7. The molecule has 3 aromatic rings. The third kappa shape index (κ3) is 5.26. The molecule has 0 unspecified atom stereocenters. The second-order valence-electron chi connectivity index (χ2n) is 7.34. The zero-order chi connectivity index (χ0) is 22.8. The number of hydrogen-bond acceptors (Lipinski definition) is 7. The Morgan fingerprint density at radius 1 is 1.06 bits per heavy atom. The van der Waals surface area contributed by atoms with Crippen molar-refractivity contribution in [2.45, 2.75) is 34.1 Å². The summed E-state index contributed by atoms with van der Waals surface area (Å²) in [5.74, 6) is 0.550. The highest BCUT2D eigenvalue weighted by atomic mass is 32.2. The molecule has 164 valence electrons. The predicted octanol–water partition coefficient (Wildman–Crippen LogP) is 3.11. The molecule has 1 aromatic carbocycles. The first-order valence-electron chi connectivity index (χ1n) is 9.78. The number of aryl methyl sites for hydroxylation is 4. The molecule has 0 fully saturated rings. The summed E-state index contributed by atoms with van der Waals surface area (Å²) in [7, 11) is -2.00. The number of hydrogen-bond donors (Lipinski definition) is 1. The molecule has 9 nitrogen and oxygen atoms in total. The number of anilines is 1. The molecule has 0 spiro atoms. The van der Waals surface area contributed by atoms with Gasteiger partial charge < -0.3 is 9.30 Å². The van der Waals surface area contributed by atoms with Gasteiger partial charge in [0, 0.05) is 24.4 Å². The fraction of sp³-hybridized carbons (Fsp3) is 0.333. The molecule has 0 saturated heterocycles. The summed E-state index contributed by atoms with van der Waals surface area (Å²) >= 11 is 0. The van der Waals surface area contributed by atoms with E-state index in [4.69, 9.17) is 4.74 Å². The number of para-hydroxylation sites is 1. The number of aromatic nitrogens is 4. The van der Waals surface area contributed by atoms with Crippen LogP contribution in [0.25, 0.3) is 11.4 Å². The van der Waals surface area contributed by atoms with E-state index in [1.807, 2.05) is 32.0 Å². The summed E-state index contributed by atoms with van der Waals surface area (Å²) in [5.41, 5.74) is 2.66. The van der Waals surface area contributed by atoms with Gasteiger partial charge in [-0.1, -0.05) is 25.1 Å². The molecule has 0 aliphatic heterocycles. The van der Waals surface area contributed by atoms with Gasteiger partial charge in [0.2, 0.25) is 16.0 Å². The molecule has 3 rings (SSSR count). The maximum absolute atomic E-state index is 12.3. The minimum atomic E-state index is -3.63. The largest absolute Gasteiger partial charge is 0.424 e. The second-order valence-corrected chi connectivity index (χ2v) is 9.18. The van der Waals surface area contributed by atoms with Gasteiger partial charge in [-0.05, 0) is 44.4 Å². The minimum absolute atomic E-state index is 0.0527. The fourth-order valence-corrected chi connectivity index (χ4v) is 4.10. The zero-order valence-corrected chi connectivity index (χ0v) is 18.9. The molecule has 0 amide bonds.